The van der Waals surface area contributed by atoms with Gasteiger partial charge in [-0.15, -0.1) is 0 Å². The van der Waals surface area contributed by atoms with E-state index in [9.17, 15) is 14.0 Å². The molecule has 3 N–H and O–H groups in total. The fourth-order valence-electron chi connectivity index (χ4n) is 1.32. The van der Waals surface area contributed by atoms with Gasteiger partial charge in [-0.25, -0.2) is 4.39 Å². The van der Waals surface area contributed by atoms with Crippen LogP contribution in [0.1, 0.15) is 12.5 Å². The maximum Gasteiger partial charge on any atom is 0.319 e. The molecular formula is C11H12FNO3. The molecule has 0 spiro atoms. The molecule has 0 aliphatic carbocycles. The van der Waals surface area contributed by atoms with Crippen LogP contribution in [0, 0.1) is 11.2 Å². The van der Waals surface area contributed by atoms with E-state index in [1.807, 2.05) is 0 Å². The first-order valence-corrected chi connectivity index (χ1v) is 4.64. The van der Waals surface area contributed by atoms with Gasteiger partial charge < -0.3 is 10.8 Å². The highest BCUT2D eigenvalue weighted by molar-refractivity contribution is 6.00. The van der Waals surface area contributed by atoms with Crippen molar-refractivity contribution in [3.05, 3.63) is 35.6 Å². The minimum Gasteiger partial charge on any atom is -0.480 e. The van der Waals surface area contributed by atoms with E-state index in [1.54, 1.807) is 6.07 Å². The lowest BCUT2D eigenvalue weighted by Gasteiger charge is -2.20. The van der Waals surface area contributed by atoms with Gasteiger partial charge in [0.2, 0.25) is 5.91 Å². The van der Waals surface area contributed by atoms with Gasteiger partial charge in [-0.2, -0.15) is 0 Å². The molecule has 0 aliphatic rings. The highest BCUT2D eigenvalue weighted by atomic mass is 19.1. The number of carboxylic acid groups (broad SMARTS) is 1. The molecule has 86 valence electrons. The Balaban J connectivity index is 3.02. The molecule has 0 aliphatic heterocycles. The van der Waals surface area contributed by atoms with E-state index in [1.165, 1.54) is 25.1 Å². The summed E-state index contributed by atoms with van der Waals surface area (Å²) in [5.74, 6) is -2.73. The van der Waals surface area contributed by atoms with Crippen molar-refractivity contribution in [1.82, 2.24) is 0 Å². The molecule has 1 amide bonds. The summed E-state index contributed by atoms with van der Waals surface area (Å²) in [7, 11) is 0. The third kappa shape index (κ3) is 2.36. The number of carbonyl (C=O) groups excluding carboxylic acids is 1. The fourth-order valence-corrected chi connectivity index (χ4v) is 1.32. The molecule has 0 radical (unpaired) electrons. The Kier molecular flexibility index (Phi) is 3.27. The standard InChI is InChI=1S/C11H12FNO3/c1-11(9(13)14,10(15)16)6-7-3-2-4-8(12)5-7/h2-5H,6H2,1H3,(H2,13,14)(H,15,16). The molecule has 0 fully saturated rings. The maximum atomic E-state index is 12.9. The molecule has 0 saturated carbocycles. The summed E-state index contributed by atoms with van der Waals surface area (Å²) in [5, 5.41) is 8.94. The van der Waals surface area contributed by atoms with E-state index in [4.69, 9.17) is 10.8 Å². The van der Waals surface area contributed by atoms with E-state index < -0.39 is 23.1 Å². The van der Waals surface area contributed by atoms with E-state index in [-0.39, 0.29) is 6.42 Å². The number of carboxylic acids is 1. The van der Waals surface area contributed by atoms with Crippen molar-refractivity contribution in [2.75, 3.05) is 0 Å². The van der Waals surface area contributed by atoms with Crippen molar-refractivity contribution in [1.29, 1.82) is 0 Å². The SMILES string of the molecule is CC(Cc1cccc(F)c1)(C(N)=O)C(=O)O. The Morgan fingerprint density at radius 1 is 1.50 bits per heavy atom. The number of aliphatic carboxylic acids is 1. The van der Waals surface area contributed by atoms with Crippen LogP contribution in [0.25, 0.3) is 0 Å². The molecule has 1 aromatic carbocycles. The molecule has 16 heavy (non-hydrogen) atoms. The minimum atomic E-state index is -1.71. The van der Waals surface area contributed by atoms with E-state index in [0.717, 1.165) is 0 Å². The third-order valence-electron chi connectivity index (χ3n) is 2.46. The molecule has 0 aromatic heterocycles. The quantitative estimate of drug-likeness (QED) is 0.748. The molecule has 1 unspecified atom stereocenters. The van der Waals surface area contributed by atoms with Gasteiger partial charge in [0.05, 0.1) is 0 Å². The van der Waals surface area contributed by atoms with Gasteiger partial charge in [0, 0.05) is 0 Å². The first-order valence-electron chi connectivity index (χ1n) is 4.64. The Hall–Kier alpha value is -1.91. The van der Waals surface area contributed by atoms with Crippen molar-refractivity contribution >= 4 is 11.9 Å². The van der Waals surface area contributed by atoms with Gasteiger partial charge >= 0.3 is 5.97 Å². The van der Waals surface area contributed by atoms with Crippen molar-refractivity contribution in [2.45, 2.75) is 13.3 Å². The number of nitrogens with two attached hydrogens (primary N) is 1. The van der Waals surface area contributed by atoms with Crippen molar-refractivity contribution < 1.29 is 19.1 Å². The van der Waals surface area contributed by atoms with Gasteiger partial charge in [-0.3, -0.25) is 9.59 Å². The average molecular weight is 225 g/mol. The zero-order chi connectivity index (χ0) is 12.3. The molecule has 0 bridgehead atoms. The summed E-state index contributed by atoms with van der Waals surface area (Å²) in [5.41, 5.74) is 3.75. The smallest absolute Gasteiger partial charge is 0.319 e. The second-order valence-corrected chi connectivity index (χ2v) is 3.81. The predicted molar refractivity (Wildman–Crippen MR) is 55.0 cm³/mol. The lowest BCUT2D eigenvalue weighted by atomic mass is 9.83. The summed E-state index contributed by atoms with van der Waals surface area (Å²) in [6.07, 6.45) is -0.130. The topological polar surface area (TPSA) is 80.4 Å². The summed E-state index contributed by atoms with van der Waals surface area (Å²) in [6.45, 7) is 1.22. The number of hydrogen-bond donors (Lipinski definition) is 2. The van der Waals surface area contributed by atoms with E-state index in [2.05, 4.69) is 0 Å². The van der Waals surface area contributed by atoms with Crippen LogP contribution in [0.2, 0.25) is 0 Å². The van der Waals surface area contributed by atoms with E-state index >= 15 is 0 Å². The van der Waals surface area contributed by atoms with Crippen molar-refractivity contribution in [3.8, 4) is 0 Å². The van der Waals surface area contributed by atoms with Crippen LogP contribution in [0.15, 0.2) is 24.3 Å². The second-order valence-electron chi connectivity index (χ2n) is 3.81. The monoisotopic (exact) mass is 225 g/mol. The Morgan fingerprint density at radius 2 is 2.12 bits per heavy atom. The number of rotatable bonds is 4. The van der Waals surface area contributed by atoms with Crippen LogP contribution >= 0.6 is 0 Å². The molecule has 4 nitrogen and oxygen atoms in total. The molecule has 0 heterocycles. The predicted octanol–water partition coefficient (Wildman–Crippen LogP) is 0.944. The number of amides is 1. The largest absolute Gasteiger partial charge is 0.480 e. The Labute approximate surface area is 91.9 Å². The fraction of sp³-hybridized carbons (Fsp3) is 0.273. The second kappa shape index (κ2) is 4.30. The van der Waals surface area contributed by atoms with Crippen LogP contribution in [-0.2, 0) is 16.0 Å². The van der Waals surface area contributed by atoms with Crippen LogP contribution in [-0.4, -0.2) is 17.0 Å². The first kappa shape index (κ1) is 12.2. The van der Waals surface area contributed by atoms with Crippen molar-refractivity contribution in [2.24, 2.45) is 11.1 Å². The van der Waals surface area contributed by atoms with Crippen LogP contribution < -0.4 is 5.73 Å². The Morgan fingerprint density at radius 3 is 2.56 bits per heavy atom. The lowest BCUT2D eigenvalue weighted by Crippen LogP contribution is -2.43. The van der Waals surface area contributed by atoms with Crippen LogP contribution in [0.4, 0.5) is 4.39 Å². The third-order valence-corrected chi connectivity index (χ3v) is 2.46. The molecule has 1 atom stereocenters. The van der Waals surface area contributed by atoms with Gasteiger partial charge in [-0.05, 0) is 31.0 Å². The lowest BCUT2D eigenvalue weighted by molar-refractivity contribution is -0.153. The van der Waals surface area contributed by atoms with Crippen LogP contribution in [0.5, 0.6) is 0 Å². The van der Waals surface area contributed by atoms with Crippen LogP contribution in [0.3, 0.4) is 0 Å². The molecular weight excluding hydrogens is 213 g/mol. The summed E-state index contributed by atoms with van der Waals surface area (Å²) < 4.78 is 12.9. The molecule has 5 heteroatoms. The number of hydrogen-bond acceptors (Lipinski definition) is 2. The van der Waals surface area contributed by atoms with Gasteiger partial charge in [0.25, 0.3) is 0 Å². The zero-order valence-corrected chi connectivity index (χ0v) is 8.74. The number of primary amides is 1. The summed E-state index contributed by atoms with van der Waals surface area (Å²) in [4.78, 5) is 22.1. The average Bonchev–Trinajstić information content (AvgIpc) is 2.16. The van der Waals surface area contributed by atoms with Crippen molar-refractivity contribution in [3.63, 3.8) is 0 Å². The summed E-state index contributed by atoms with van der Waals surface area (Å²) in [6, 6.07) is 5.43. The van der Waals surface area contributed by atoms with Gasteiger partial charge in [0.15, 0.2) is 0 Å². The van der Waals surface area contributed by atoms with Gasteiger partial charge in [0.1, 0.15) is 11.2 Å². The number of carbonyl (C=O) groups is 2. The highest BCUT2D eigenvalue weighted by Crippen LogP contribution is 2.23. The number of benzene rings is 1. The highest BCUT2D eigenvalue weighted by Gasteiger charge is 2.39. The zero-order valence-electron chi connectivity index (χ0n) is 8.74. The Bertz CT molecular complexity index is 417. The molecule has 1 aromatic rings. The minimum absolute atomic E-state index is 0.130. The van der Waals surface area contributed by atoms with Gasteiger partial charge in [-0.1, -0.05) is 12.1 Å². The molecule has 1 rings (SSSR count). The summed E-state index contributed by atoms with van der Waals surface area (Å²) >= 11 is 0. The molecule has 0 saturated heterocycles. The normalized spacial score (nSPS) is 14.1. The maximum absolute atomic E-state index is 12.9. The number of halogens is 1. The first-order chi connectivity index (χ1) is 7.36. The van der Waals surface area contributed by atoms with E-state index in [0.29, 0.717) is 5.56 Å².